The Morgan fingerprint density at radius 2 is 1.93 bits per heavy atom. The van der Waals surface area contributed by atoms with Gasteiger partial charge < -0.3 is 19.0 Å². The highest BCUT2D eigenvalue weighted by molar-refractivity contribution is 8.00. The molecule has 0 aliphatic carbocycles. The minimum atomic E-state index is -0.355. The molecule has 0 amide bonds. The number of H-pyrrole nitrogens is 1. The molecule has 152 valence electrons. The van der Waals surface area contributed by atoms with Gasteiger partial charge in [0.05, 0.1) is 5.25 Å². The van der Waals surface area contributed by atoms with Gasteiger partial charge in [-0.05, 0) is 25.1 Å². The maximum atomic E-state index is 13.0. The normalized spacial score (nSPS) is 16.5. The Morgan fingerprint density at radius 1 is 1.17 bits per heavy atom. The first-order valence-electron chi connectivity index (χ1n) is 9.66. The summed E-state index contributed by atoms with van der Waals surface area (Å²) in [5.41, 5.74) is 1.64. The zero-order chi connectivity index (χ0) is 20.7. The highest BCUT2D eigenvalue weighted by Crippen LogP contribution is 2.36. The average Bonchev–Trinajstić information content (AvgIpc) is 3.37. The standard InChI is InChI=1S/C22H20N4O3S/c1-13(20(27)15-11-23-16-8-4-3-7-14(15)16)30-22-25-24-21(26(22)2)19-12-28-17-9-5-6-10-18(17)29-19/h3-11,13,19,23H,12H2,1-2H3. The fourth-order valence-electron chi connectivity index (χ4n) is 3.56. The summed E-state index contributed by atoms with van der Waals surface area (Å²) in [7, 11) is 1.88. The van der Waals surface area contributed by atoms with E-state index in [1.165, 1.54) is 11.8 Å². The van der Waals surface area contributed by atoms with Crippen molar-refractivity contribution in [3.05, 3.63) is 66.1 Å². The summed E-state index contributed by atoms with van der Waals surface area (Å²) < 4.78 is 13.7. The molecule has 4 aromatic rings. The van der Waals surface area contributed by atoms with Gasteiger partial charge >= 0.3 is 0 Å². The van der Waals surface area contributed by atoms with Gasteiger partial charge in [0.25, 0.3) is 0 Å². The molecule has 3 heterocycles. The second-order valence-corrected chi connectivity index (χ2v) is 8.44. The zero-order valence-electron chi connectivity index (χ0n) is 16.5. The number of nitrogens with one attached hydrogen (secondary N) is 1. The predicted molar refractivity (Wildman–Crippen MR) is 114 cm³/mol. The van der Waals surface area contributed by atoms with Gasteiger partial charge in [-0.1, -0.05) is 42.1 Å². The maximum absolute atomic E-state index is 13.0. The number of ether oxygens (including phenoxy) is 2. The second-order valence-electron chi connectivity index (χ2n) is 7.14. The number of carbonyl (C=O) groups excluding carboxylic acids is 1. The van der Waals surface area contributed by atoms with E-state index in [-0.39, 0.29) is 17.1 Å². The molecule has 2 atom stereocenters. The number of hydrogen-bond donors (Lipinski definition) is 1. The van der Waals surface area contributed by atoms with Crippen molar-refractivity contribution in [2.75, 3.05) is 6.61 Å². The molecular weight excluding hydrogens is 400 g/mol. The Balaban J connectivity index is 1.34. The van der Waals surface area contributed by atoms with Crippen LogP contribution in [0.4, 0.5) is 0 Å². The Bertz CT molecular complexity index is 1230. The molecular formula is C22H20N4O3S. The molecule has 1 N–H and O–H groups in total. The molecule has 30 heavy (non-hydrogen) atoms. The van der Waals surface area contributed by atoms with Gasteiger partial charge in [-0.3, -0.25) is 4.79 Å². The zero-order valence-corrected chi connectivity index (χ0v) is 17.3. The van der Waals surface area contributed by atoms with E-state index in [0.717, 1.165) is 16.7 Å². The first-order chi connectivity index (χ1) is 14.6. The predicted octanol–water partition coefficient (Wildman–Crippen LogP) is 4.17. The molecule has 2 aromatic heterocycles. The fraction of sp³-hybridized carbons (Fsp3) is 0.227. The molecule has 2 unspecified atom stereocenters. The highest BCUT2D eigenvalue weighted by Gasteiger charge is 2.29. The maximum Gasteiger partial charge on any atom is 0.192 e. The van der Waals surface area contributed by atoms with Gasteiger partial charge in [-0.15, -0.1) is 10.2 Å². The second kappa shape index (κ2) is 7.53. The monoisotopic (exact) mass is 420 g/mol. The van der Waals surface area contributed by atoms with Crippen LogP contribution in [0.5, 0.6) is 11.5 Å². The first kappa shape index (κ1) is 18.7. The number of rotatable bonds is 5. The van der Waals surface area contributed by atoms with Crippen molar-refractivity contribution in [2.45, 2.75) is 23.4 Å². The van der Waals surface area contributed by atoms with Gasteiger partial charge in [-0.25, -0.2) is 0 Å². The van der Waals surface area contributed by atoms with E-state index >= 15 is 0 Å². The number of thioether (sulfide) groups is 1. The molecule has 1 aliphatic heterocycles. The number of fused-ring (bicyclic) bond motifs is 2. The van der Waals surface area contributed by atoms with Crippen LogP contribution >= 0.6 is 11.8 Å². The lowest BCUT2D eigenvalue weighted by molar-refractivity contribution is 0.0825. The molecule has 0 saturated heterocycles. The van der Waals surface area contributed by atoms with Gasteiger partial charge in [0.1, 0.15) is 6.61 Å². The number of aromatic nitrogens is 4. The quantitative estimate of drug-likeness (QED) is 0.385. The number of ketones is 1. The van der Waals surface area contributed by atoms with Crippen LogP contribution in [0.15, 0.2) is 59.9 Å². The summed E-state index contributed by atoms with van der Waals surface area (Å²) in [6.07, 6.45) is 1.42. The van der Waals surface area contributed by atoms with Crippen LogP contribution in [-0.4, -0.2) is 37.4 Å². The third kappa shape index (κ3) is 3.23. The molecule has 8 heteroatoms. The summed E-state index contributed by atoms with van der Waals surface area (Å²) >= 11 is 1.39. The SMILES string of the molecule is CC(Sc1nnc(C2COc3ccccc3O2)n1C)C(=O)c1c[nH]c2ccccc12. The number of para-hydroxylation sites is 3. The number of benzene rings is 2. The average molecular weight is 420 g/mol. The molecule has 1 aliphatic rings. The van der Waals surface area contributed by atoms with Crippen molar-refractivity contribution in [1.29, 1.82) is 0 Å². The number of carbonyl (C=O) groups is 1. The summed E-state index contributed by atoms with van der Waals surface area (Å²) in [5.74, 6) is 2.13. The van der Waals surface area contributed by atoms with E-state index < -0.39 is 0 Å². The van der Waals surface area contributed by atoms with E-state index in [1.54, 1.807) is 6.20 Å². The van der Waals surface area contributed by atoms with Gasteiger partial charge in [0, 0.05) is 29.7 Å². The van der Waals surface area contributed by atoms with E-state index in [9.17, 15) is 4.79 Å². The van der Waals surface area contributed by atoms with Crippen LogP contribution in [0.2, 0.25) is 0 Å². The Morgan fingerprint density at radius 3 is 2.80 bits per heavy atom. The van der Waals surface area contributed by atoms with Crippen molar-refractivity contribution in [3.8, 4) is 11.5 Å². The number of aromatic amines is 1. The van der Waals surface area contributed by atoms with Crippen LogP contribution in [0.25, 0.3) is 10.9 Å². The van der Waals surface area contributed by atoms with Crippen molar-refractivity contribution in [3.63, 3.8) is 0 Å². The van der Waals surface area contributed by atoms with Crippen LogP contribution in [0, 0.1) is 0 Å². The van der Waals surface area contributed by atoms with E-state index in [0.29, 0.717) is 28.9 Å². The first-order valence-corrected chi connectivity index (χ1v) is 10.5. The largest absolute Gasteiger partial charge is 0.485 e. The smallest absolute Gasteiger partial charge is 0.192 e. The summed E-state index contributed by atoms with van der Waals surface area (Å²) in [6, 6.07) is 15.4. The molecule has 2 aromatic carbocycles. The van der Waals surface area contributed by atoms with Gasteiger partial charge in [0.15, 0.2) is 34.4 Å². The van der Waals surface area contributed by atoms with Crippen molar-refractivity contribution in [2.24, 2.45) is 7.05 Å². The number of hydrogen-bond acceptors (Lipinski definition) is 6. The third-order valence-corrected chi connectivity index (χ3v) is 6.31. The lowest BCUT2D eigenvalue weighted by Gasteiger charge is -2.25. The van der Waals surface area contributed by atoms with E-state index in [2.05, 4.69) is 15.2 Å². The van der Waals surface area contributed by atoms with Crippen LogP contribution in [-0.2, 0) is 7.05 Å². The molecule has 0 saturated carbocycles. The molecule has 0 fully saturated rings. The number of nitrogens with zero attached hydrogens (tertiary/aromatic N) is 3. The summed E-state index contributed by atoms with van der Waals surface area (Å²) in [5, 5.41) is 9.88. The minimum Gasteiger partial charge on any atom is -0.485 e. The van der Waals surface area contributed by atoms with Crippen LogP contribution in [0.1, 0.15) is 29.2 Å². The third-order valence-electron chi connectivity index (χ3n) is 5.17. The Kier molecular flexibility index (Phi) is 4.71. The van der Waals surface area contributed by atoms with Gasteiger partial charge in [-0.2, -0.15) is 0 Å². The summed E-state index contributed by atoms with van der Waals surface area (Å²) in [4.78, 5) is 16.2. The van der Waals surface area contributed by atoms with Crippen LogP contribution in [0.3, 0.4) is 0 Å². The van der Waals surface area contributed by atoms with Crippen molar-refractivity contribution >= 4 is 28.4 Å². The molecule has 0 bridgehead atoms. The summed E-state index contributed by atoms with van der Waals surface area (Å²) in [6.45, 7) is 2.25. The van der Waals surface area contributed by atoms with Gasteiger partial charge in [0.2, 0.25) is 0 Å². The molecule has 7 nitrogen and oxygen atoms in total. The molecule has 0 radical (unpaired) electrons. The highest BCUT2D eigenvalue weighted by atomic mass is 32.2. The fourth-order valence-corrected chi connectivity index (χ4v) is 4.45. The lowest BCUT2D eigenvalue weighted by Crippen LogP contribution is -2.24. The molecule has 5 rings (SSSR count). The Hall–Kier alpha value is -3.26. The van der Waals surface area contributed by atoms with Crippen molar-refractivity contribution < 1.29 is 14.3 Å². The Labute approximate surface area is 177 Å². The van der Waals surface area contributed by atoms with Crippen LogP contribution < -0.4 is 9.47 Å². The van der Waals surface area contributed by atoms with E-state index in [4.69, 9.17) is 9.47 Å². The lowest BCUT2D eigenvalue weighted by atomic mass is 10.1. The molecule has 0 spiro atoms. The topological polar surface area (TPSA) is 82.0 Å². The minimum absolute atomic E-state index is 0.0492. The number of Topliss-reactive ketones (excluding diaryl/α,β-unsaturated/α-hetero) is 1. The van der Waals surface area contributed by atoms with Crippen molar-refractivity contribution in [1.82, 2.24) is 19.7 Å². The van der Waals surface area contributed by atoms with E-state index in [1.807, 2.05) is 67.1 Å².